The van der Waals surface area contributed by atoms with Gasteiger partial charge >= 0.3 is 0 Å². The third-order valence-electron chi connectivity index (χ3n) is 3.97. The van der Waals surface area contributed by atoms with Crippen LogP contribution in [0.3, 0.4) is 0 Å². The van der Waals surface area contributed by atoms with Crippen LogP contribution < -0.4 is 20.3 Å². The predicted molar refractivity (Wildman–Crippen MR) is 105 cm³/mol. The van der Waals surface area contributed by atoms with Crippen molar-refractivity contribution in [3.05, 3.63) is 45.3 Å². The first kappa shape index (κ1) is 20.1. The third-order valence-corrected chi connectivity index (χ3v) is 4.33. The molecule has 0 amide bonds. The fourth-order valence-electron chi connectivity index (χ4n) is 2.58. The third kappa shape index (κ3) is 5.14. The Morgan fingerprint density at radius 3 is 2.81 bits per heavy atom. The van der Waals surface area contributed by atoms with Crippen molar-refractivity contribution >= 4 is 17.3 Å². The van der Waals surface area contributed by atoms with E-state index in [4.69, 9.17) is 21.1 Å². The van der Waals surface area contributed by atoms with Crippen LogP contribution in [-0.4, -0.2) is 30.0 Å². The standard InChI is InChI=1S/C19H26ClN3O3/c1-4-7-14-12-15(25-3)8-9-17(14)26-11-6-10-21-16-13-22-23(5-2)19(24)18(16)20/h8-9,12-13,21H,4-7,10-11H2,1-3H3. The highest BCUT2D eigenvalue weighted by atomic mass is 35.5. The number of methoxy groups -OCH3 is 1. The van der Waals surface area contributed by atoms with E-state index in [2.05, 4.69) is 17.3 Å². The number of rotatable bonds is 10. The van der Waals surface area contributed by atoms with E-state index < -0.39 is 0 Å². The molecule has 0 saturated heterocycles. The Morgan fingerprint density at radius 2 is 2.12 bits per heavy atom. The molecule has 0 spiro atoms. The lowest BCUT2D eigenvalue weighted by Gasteiger charge is -2.13. The maximum atomic E-state index is 11.9. The highest BCUT2D eigenvalue weighted by Crippen LogP contribution is 2.25. The number of nitrogens with zero attached hydrogens (tertiary/aromatic N) is 2. The Kier molecular flexibility index (Phi) is 7.78. The molecule has 1 aromatic heterocycles. The van der Waals surface area contributed by atoms with Crippen molar-refractivity contribution in [3.8, 4) is 11.5 Å². The van der Waals surface area contributed by atoms with E-state index in [-0.39, 0.29) is 10.6 Å². The maximum Gasteiger partial charge on any atom is 0.287 e. The van der Waals surface area contributed by atoms with Crippen LogP contribution >= 0.6 is 11.6 Å². The lowest BCUT2D eigenvalue weighted by atomic mass is 10.1. The maximum absolute atomic E-state index is 11.9. The number of halogens is 1. The van der Waals surface area contributed by atoms with Gasteiger partial charge in [-0.15, -0.1) is 0 Å². The van der Waals surface area contributed by atoms with Gasteiger partial charge in [-0.05, 0) is 43.5 Å². The number of anilines is 1. The summed E-state index contributed by atoms with van der Waals surface area (Å²) in [4.78, 5) is 11.9. The second kappa shape index (κ2) is 10.1. The van der Waals surface area contributed by atoms with Gasteiger partial charge in [-0.1, -0.05) is 24.9 Å². The summed E-state index contributed by atoms with van der Waals surface area (Å²) < 4.78 is 12.5. The first-order valence-corrected chi connectivity index (χ1v) is 9.27. The molecule has 0 fully saturated rings. The minimum atomic E-state index is -0.280. The number of hydrogen-bond acceptors (Lipinski definition) is 5. The summed E-state index contributed by atoms with van der Waals surface area (Å²) in [6.07, 6.45) is 4.33. The molecule has 0 saturated carbocycles. The van der Waals surface area contributed by atoms with Crippen molar-refractivity contribution in [3.63, 3.8) is 0 Å². The van der Waals surface area contributed by atoms with Gasteiger partial charge in [0.05, 0.1) is 25.6 Å². The number of ether oxygens (including phenoxy) is 2. The van der Waals surface area contributed by atoms with Crippen LogP contribution in [0.15, 0.2) is 29.2 Å². The average Bonchev–Trinajstić information content (AvgIpc) is 2.66. The summed E-state index contributed by atoms with van der Waals surface area (Å²) in [5, 5.41) is 7.38. The quantitative estimate of drug-likeness (QED) is 0.637. The lowest BCUT2D eigenvalue weighted by molar-refractivity contribution is 0.310. The van der Waals surface area contributed by atoms with E-state index in [0.717, 1.165) is 36.3 Å². The van der Waals surface area contributed by atoms with Crippen molar-refractivity contribution in [1.82, 2.24) is 9.78 Å². The Labute approximate surface area is 159 Å². The molecule has 0 unspecified atom stereocenters. The molecule has 142 valence electrons. The minimum Gasteiger partial charge on any atom is -0.497 e. The zero-order valence-corrected chi connectivity index (χ0v) is 16.3. The second-order valence-corrected chi connectivity index (χ2v) is 6.22. The molecule has 0 bridgehead atoms. The predicted octanol–water partition coefficient (Wildman–Crippen LogP) is 3.76. The molecule has 1 heterocycles. The molecule has 6 nitrogen and oxygen atoms in total. The topological polar surface area (TPSA) is 65.4 Å². The van der Waals surface area contributed by atoms with E-state index in [1.807, 2.05) is 25.1 Å². The van der Waals surface area contributed by atoms with Crippen molar-refractivity contribution in [2.45, 2.75) is 39.7 Å². The monoisotopic (exact) mass is 379 g/mol. The fraction of sp³-hybridized carbons (Fsp3) is 0.474. The molecule has 0 aliphatic rings. The van der Waals surface area contributed by atoms with Crippen LogP contribution in [-0.2, 0) is 13.0 Å². The van der Waals surface area contributed by atoms with Crippen molar-refractivity contribution in [2.75, 3.05) is 25.6 Å². The van der Waals surface area contributed by atoms with Gasteiger partial charge < -0.3 is 14.8 Å². The lowest BCUT2D eigenvalue weighted by Crippen LogP contribution is -2.23. The fourth-order valence-corrected chi connectivity index (χ4v) is 2.79. The molecule has 7 heteroatoms. The molecule has 26 heavy (non-hydrogen) atoms. The van der Waals surface area contributed by atoms with Gasteiger partial charge in [-0.25, -0.2) is 4.68 Å². The van der Waals surface area contributed by atoms with E-state index >= 15 is 0 Å². The van der Waals surface area contributed by atoms with Crippen molar-refractivity contribution in [2.24, 2.45) is 0 Å². The van der Waals surface area contributed by atoms with Crippen LogP contribution in [0.4, 0.5) is 5.69 Å². The molecule has 2 rings (SSSR count). The van der Waals surface area contributed by atoms with Crippen LogP contribution in [0.2, 0.25) is 5.02 Å². The minimum absolute atomic E-state index is 0.170. The molecule has 1 aromatic carbocycles. The summed E-state index contributed by atoms with van der Waals surface area (Å²) in [6, 6.07) is 5.87. The van der Waals surface area contributed by atoms with Crippen LogP contribution in [0.25, 0.3) is 0 Å². The smallest absolute Gasteiger partial charge is 0.287 e. The van der Waals surface area contributed by atoms with Crippen molar-refractivity contribution in [1.29, 1.82) is 0 Å². The first-order chi connectivity index (χ1) is 12.6. The normalized spacial score (nSPS) is 10.6. The van der Waals surface area contributed by atoms with Gasteiger partial charge in [0, 0.05) is 13.1 Å². The highest BCUT2D eigenvalue weighted by Gasteiger charge is 2.08. The van der Waals surface area contributed by atoms with Gasteiger partial charge in [0.2, 0.25) is 0 Å². The summed E-state index contributed by atoms with van der Waals surface area (Å²) in [7, 11) is 1.66. The zero-order chi connectivity index (χ0) is 18.9. The zero-order valence-electron chi connectivity index (χ0n) is 15.5. The van der Waals surface area contributed by atoms with Gasteiger partial charge in [0.25, 0.3) is 5.56 Å². The van der Waals surface area contributed by atoms with E-state index in [1.165, 1.54) is 4.68 Å². The van der Waals surface area contributed by atoms with Crippen LogP contribution in [0, 0.1) is 0 Å². The molecule has 1 N–H and O–H groups in total. The van der Waals surface area contributed by atoms with Crippen LogP contribution in [0.5, 0.6) is 11.5 Å². The summed E-state index contributed by atoms with van der Waals surface area (Å²) in [5.41, 5.74) is 1.42. The molecule has 0 aliphatic carbocycles. The van der Waals surface area contributed by atoms with E-state index in [1.54, 1.807) is 13.3 Å². The summed E-state index contributed by atoms with van der Waals surface area (Å²) in [5.74, 6) is 1.73. The van der Waals surface area contributed by atoms with Gasteiger partial charge in [-0.3, -0.25) is 4.79 Å². The molecule has 0 aliphatic heterocycles. The van der Waals surface area contributed by atoms with Crippen LogP contribution in [0.1, 0.15) is 32.3 Å². The highest BCUT2D eigenvalue weighted by molar-refractivity contribution is 6.32. The Morgan fingerprint density at radius 1 is 1.31 bits per heavy atom. The molecular formula is C19H26ClN3O3. The Hall–Kier alpha value is -2.21. The van der Waals surface area contributed by atoms with Gasteiger partial charge in [0.15, 0.2) is 0 Å². The number of aromatic nitrogens is 2. The summed E-state index contributed by atoms with van der Waals surface area (Å²) in [6.45, 7) is 5.68. The molecule has 0 radical (unpaired) electrons. The molecular weight excluding hydrogens is 354 g/mol. The number of hydrogen-bond donors (Lipinski definition) is 1. The van der Waals surface area contributed by atoms with Gasteiger partial charge in [0.1, 0.15) is 16.5 Å². The Balaban J connectivity index is 1.86. The molecule has 2 aromatic rings. The number of aryl methyl sites for hydroxylation is 2. The Bertz CT molecular complexity index is 777. The van der Waals surface area contributed by atoms with Crippen molar-refractivity contribution < 1.29 is 9.47 Å². The molecule has 0 atom stereocenters. The van der Waals surface area contributed by atoms with E-state index in [9.17, 15) is 4.79 Å². The largest absolute Gasteiger partial charge is 0.497 e. The average molecular weight is 380 g/mol. The number of benzene rings is 1. The van der Waals surface area contributed by atoms with Gasteiger partial charge in [-0.2, -0.15) is 5.10 Å². The second-order valence-electron chi connectivity index (χ2n) is 5.85. The van der Waals surface area contributed by atoms with E-state index in [0.29, 0.717) is 25.4 Å². The summed E-state index contributed by atoms with van der Waals surface area (Å²) >= 11 is 6.09. The SMILES string of the molecule is CCCc1cc(OC)ccc1OCCCNc1cnn(CC)c(=O)c1Cl. The first-order valence-electron chi connectivity index (χ1n) is 8.89. The number of nitrogens with one attached hydrogen (secondary N) is 1.